The third-order valence-electron chi connectivity index (χ3n) is 3.85. The van der Waals surface area contributed by atoms with Gasteiger partial charge in [-0.25, -0.2) is 0 Å². The first-order chi connectivity index (χ1) is 11.6. The molecule has 5 nitrogen and oxygen atoms in total. The van der Waals surface area contributed by atoms with Crippen molar-refractivity contribution in [2.24, 2.45) is 5.73 Å². The SMILES string of the molecule is CCOc1cc(OCC)cc(C2=C(N)OC(C3CC=CS3)C2=O)c1. The highest BCUT2D eigenvalue weighted by atomic mass is 32.2. The summed E-state index contributed by atoms with van der Waals surface area (Å²) in [6, 6.07) is 5.41. The first-order valence-corrected chi connectivity index (χ1v) is 9.00. The molecule has 0 spiro atoms. The molecule has 0 saturated heterocycles. The van der Waals surface area contributed by atoms with E-state index < -0.39 is 6.10 Å². The zero-order valence-electron chi connectivity index (χ0n) is 13.8. The van der Waals surface area contributed by atoms with Crippen molar-refractivity contribution in [1.29, 1.82) is 0 Å². The average Bonchev–Trinajstić information content (AvgIpc) is 3.16. The van der Waals surface area contributed by atoms with Crippen LogP contribution in [-0.4, -0.2) is 30.4 Å². The number of benzene rings is 1. The monoisotopic (exact) mass is 347 g/mol. The minimum Gasteiger partial charge on any atom is -0.494 e. The van der Waals surface area contributed by atoms with Crippen LogP contribution in [0.2, 0.25) is 0 Å². The summed E-state index contributed by atoms with van der Waals surface area (Å²) in [4.78, 5) is 12.9. The molecule has 128 valence electrons. The largest absolute Gasteiger partial charge is 0.494 e. The highest BCUT2D eigenvalue weighted by Crippen LogP contribution is 2.38. The van der Waals surface area contributed by atoms with Crippen molar-refractivity contribution in [1.82, 2.24) is 0 Å². The molecule has 2 aliphatic rings. The zero-order valence-corrected chi connectivity index (χ0v) is 14.6. The van der Waals surface area contributed by atoms with Crippen molar-refractivity contribution in [3.05, 3.63) is 41.1 Å². The fourth-order valence-corrected chi connectivity index (χ4v) is 3.82. The molecule has 2 heterocycles. The maximum atomic E-state index is 12.9. The number of Topliss-reactive ketones (excluding diaryl/α,β-unsaturated/α-hetero) is 1. The van der Waals surface area contributed by atoms with Crippen LogP contribution in [0.25, 0.3) is 5.57 Å². The molecule has 0 aromatic heterocycles. The van der Waals surface area contributed by atoms with Gasteiger partial charge in [-0.15, -0.1) is 11.8 Å². The standard InChI is InChI=1S/C18H21NO4S/c1-3-21-12-8-11(9-13(10-12)22-4-2)15-16(20)17(23-18(15)19)14-6-5-7-24-14/h5,7-10,14,17H,3-4,6,19H2,1-2H3. The third kappa shape index (κ3) is 3.24. The Kier molecular flexibility index (Phi) is 5.04. The van der Waals surface area contributed by atoms with Crippen LogP contribution in [0.15, 0.2) is 35.6 Å². The van der Waals surface area contributed by atoms with E-state index in [1.54, 1.807) is 23.9 Å². The smallest absolute Gasteiger partial charge is 0.210 e. The molecule has 2 aliphatic heterocycles. The highest BCUT2D eigenvalue weighted by Gasteiger charge is 2.40. The van der Waals surface area contributed by atoms with Crippen molar-refractivity contribution < 1.29 is 19.0 Å². The molecule has 1 aromatic carbocycles. The van der Waals surface area contributed by atoms with Gasteiger partial charge in [0.1, 0.15) is 11.5 Å². The van der Waals surface area contributed by atoms with E-state index in [1.807, 2.05) is 31.4 Å². The summed E-state index contributed by atoms with van der Waals surface area (Å²) in [5, 5.41) is 2.08. The Labute approximate surface area is 145 Å². The van der Waals surface area contributed by atoms with E-state index in [4.69, 9.17) is 19.9 Å². The van der Waals surface area contributed by atoms with Crippen LogP contribution in [0.4, 0.5) is 0 Å². The van der Waals surface area contributed by atoms with Gasteiger partial charge in [-0.2, -0.15) is 0 Å². The molecule has 2 unspecified atom stereocenters. The lowest BCUT2D eigenvalue weighted by molar-refractivity contribution is -0.119. The van der Waals surface area contributed by atoms with E-state index in [1.165, 1.54) is 0 Å². The summed E-state index contributed by atoms with van der Waals surface area (Å²) >= 11 is 1.61. The number of allylic oxidation sites excluding steroid dienone is 1. The molecule has 0 bridgehead atoms. The minimum absolute atomic E-state index is 0.0787. The van der Waals surface area contributed by atoms with E-state index in [2.05, 4.69) is 0 Å². The number of ether oxygens (including phenoxy) is 3. The molecule has 2 N–H and O–H groups in total. The summed E-state index contributed by atoms with van der Waals surface area (Å²) in [6.45, 7) is 4.87. The van der Waals surface area contributed by atoms with Crippen molar-refractivity contribution >= 4 is 23.1 Å². The number of carbonyl (C=O) groups excluding carboxylic acids is 1. The van der Waals surface area contributed by atoms with Crippen LogP contribution < -0.4 is 15.2 Å². The second-order valence-electron chi connectivity index (χ2n) is 5.48. The lowest BCUT2D eigenvalue weighted by Gasteiger charge is -2.16. The van der Waals surface area contributed by atoms with Gasteiger partial charge >= 0.3 is 0 Å². The topological polar surface area (TPSA) is 70.8 Å². The van der Waals surface area contributed by atoms with Gasteiger partial charge in [-0.05, 0) is 43.4 Å². The van der Waals surface area contributed by atoms with E-state index in [0.717, 1.165) is 6.42 Å². The van der Waals surface area contributed by atoms with Gasteiger partial charge in [-0.3, -0.25) is 4.79 Å². The van der Waals surface area contributed by atoms with Gasteiger partial charge < -0.3 is 19.9 Å². The Hall–Kier alpha value is -2.08. The number of hydrogen-bond acceptors (Lipinski definition) is 6. The maximum absolute atomic E-state index is 12.9. The lowest BCUT2D eigenvalue weighted by Crippen LogP contribution is -2.29. The van der Waals surface area contributed by atoms with Crippen LogP contribution in [0, 0.1) is 0 Å². The number of nitrogens with two attached hydrogens (primary N) is 1. The Morgan fingerprint density at radius 1 is 1.21 bits per heavy atom. The molecular weight excluding hydrogens is 326 g/mol. The second-order valence-corrected chi connectivity index (χ2v) is 6.63. The summed E-state index contributed by atoms with van der Waals surface area (Å²) in [7, 11) is 0. The number of hydrogen-bond donors (Lipinski definition) is 1. The molecule has 1 aromatic rings. The van der Waals surface area contributed by atoms with Gasteiger partial charge in [0.2, 0.25) is 5.78 Å². The Morgan fingerprint density at radius 3 is 2.42 bits per heavy atom. The summed E-state index contributed by atoms with van der Waals surface area (Å²) < 4.78 is 16.9. The summed E-state index contributed by atoms with van der Waals surface area (Å²) in [5.74, 6) is 1.39. The molecule has 0 saturated carbocycles. The predicted molar refractivity (Wildman–Crippen MR) is 94.9 cm³/mol. The highest BCUT2D eigenvalue weighted by molar-refractivity contribution is 8.03. The van der Waals surface area contributed by atoms with Gasteiger partial charge in [-0.1, -0.05) is 6.08 Å². The molecule has 0 amide bonds. The third-order valence-corrected chi connectivity index (χ3v) is 4.99. The van der Waals surface area contributed by atoms with Crippen molar-refractivity contribution in [3.8, 4) is 11.5 Å². The average molecular weight is 347 g/mol. The van der Waals surface area contributed by atoms with E-state index >= 15 is 0 Å². The fraction of sp³-hybridized carbons (Fsp3) is 0.389. The number of ketones is 1. The van der Waals surface area contributed by atoms with Crippen LogP contribution in [0.5, 0.6) is 11.5 Å². The first-order valence-electron chi connectivity index (χ1n) is 8.06. The van der Waals surface area contributed by atoms with E-state index in [-0.39, 0.29) is 16.9 Å². The predicted octanol–water partition coefficient (Wildman–Crippen LogP) is 3.10. The second kappa shape index (κ2) is 7.21. The van der Waals surface area contributed by atoms with Gasteiger partial charge in [0.15, 0.2) is 12.0 Å². The van der Waals surface area contributed by atoms with Crippen molar-refractivity contribution in [3.63, 3.8) is 0 Å². The molecule has 2 atom stereocenters. The van der Waals surface area contributed by atoms with Gasteiger partial charge in [0, 0.05) is 6.07 Å². The molecule has 6 heteroatoms. The first kappa shape index (κ1) is 16.8. The van der Waals surface area contributed by atoms with Crippen LogP contribution in [0.3, 0.4) is 0 Å². The van der Waals surface area contributed by atoms with E-state index in [9.17, 15) is 4.79 Å². The Morgan fingerprint density at radius 2 is 1.88 bits per heavy atom. The molecule has 24 heavy (non-hydrogen) atoms. The zero-order chi connectivity index (χ0) is 17.1. The van der Waals surface area contributed by atoms with Crippen LogP contribution in [0.1, 0.15) is 25.8 Å². The Balaban J connectivity index is 1.91. The molecule has 0 radical (unpaired) electrons. The summed E-state index contributed by atoms with van der Waals surface area (Å²) in [5.41, 5.74) is 7.12. The lowest BCUT2D eigenvalue weighted by atomic mass is 9.98. The fourth-order valence-electron chi connectivity index (χ4n) is 2.85. The summed E-state index contributed by atoms with van der Waals surface area (Å²) in [6.07, 6.45) is 2.32. The quantitative estimate of drug-likeness (QED) is 0.853. The molecule has 3 rings (SSSR count). The van der Waals surface area contributed by atoms with Gasteiger partial charge in [0.05, 0.1) is 24.0 Å². The molecule has 0 aliphatic carbocycles. The normalized spacial score (nSPS) is 22.8. The van der Waals surface area contributed by atoms with Crippen molar-refractivity contribution in [2.45, 2.75) is 31.6 Å². The van der Waals surface area contributed by atoms with Crippen molar-refractivity contribution in [2.75, 3.05) is 13.2 Å². The van der Waals surface area contributed by atoms with Gasteiger partial charge in [0.25, 0.3) is 0 Å². The van der Waals surface area contributed by atoms with E-state index in [0.29, 0.717) is 35.8 Å². The Bertz CT molecular complexity index is 666. The van der Waals surface area contributed by atoms with Crippen LogP contribution in [-0.2, 0) is 9.53 Å². The number of rotatable bonds is 6. The number of thioether (sulfide) groups is 1. The molecular formula is C18H21NO4S. The van der Waals surface area contributed by atoms with Crippen LogP contribution >= 0.6 is 11.8 Å². The molecule has 0 fully saturated rings. The number of carbonyl (C=O) groups is 1. The minimum atomic E-state index is -0.536. The maximum Gasteiger partial charge on any atom is 0.210 e.